The Bertz CT molecular complexity index is 476. The molecule has 0 heterocycles. The molecule has 0 bridgehead atoms. The third-order valence-electron chi connectivity index (χ3n) is 3.01. The lowest BCUT2D eigenvalue weighted by molar-refractivity contribution is -0.136. The molecule has 0 spiro atoms. The van der Waals surface area contributed by atoms with E-state index < -0.39 is 11.8 Å². The lowest BCUT2D eigenvalue weighted by Gasteiger charge is -2.22. The van der Waals surface area contributed by atoms with Crippen molar-refractivity contribution in [3.05, 3.63) is 29.8 Å². The first-order chi connectivity index (χ1) is 9.36. The van der Waals surface area contributed by atoms with E-state index in [0.717, 1.165) is 18.4 Å². The Morgan fingerprint density at radius 1 is 1.10 bits per heavy atom. The summed E-state index contributed by atoms with van der Waals surface area (Å²) in [5, 5.41) is 5.30. The molecule has 0 atom stereocenters. The molecule has 0 unspecified atom stereocenters. The number of para-hydroxylation sites is 1. The number of carbonyl (C=O) groups is 2. The second kappa shape index (κ2) is 7.08. The average Bonchev–Trinajstić information content (AvgIpc) is 2.38. The molecule has 0 saturated heterocycles. The van der Waals surface area contributed by atoms with Crippen LogP contribution in [0.15, 0.2) is 24.3 Å². The predicted molar refractivity (Wildman–Crippen MR) is 81.7 cm³/mol. The fourth-order valence-electron chi connectivity index (χ4n) is 1.88. The standard InChI is InChI=1S/C16H24N2O2/c1-5-6-11-17-14(19)15(20)18-13-10-8-7-9-12(13)16(2,3)4/h7-10H,5-6,11H2,1-4H3,(H,17,19)(H,18,20). The molecule has 110 valence electrons. The van der Waals surface area contributed by atoms with E-state index in [2.05, 4.69) is 31.4 Å². The normalized spacial score (nSPS) is 11.0. The maximum atomic E-state index is 11.9. The summed E-state index contributed by atoms with van der Waals surface area (Å²) in [5.41, 5.74) is 1.60. The number of nitrogens with one attached hydrogen (secondary N) is 2. The van der Waals surface area contributed by atoms with Crippen molar-refractivity contribution in [3.8, 4) is 0 Å². The van der Waals surface area contributed by atoms with E-state index in [0.29, 0.717) is 12.2 Å². The van der Waals surface area contributed by atoms with Gasteiger partial charge < -0.3 is 10.6 Å². The zero-order chi connectivity index (χ0) is 15.2. The molecule has 2 amide bonds. The van der Waals surface area contributed by atoms with Gasteiger partial charge in [0, 0.05) is 12.2 Å². The molecule has 2 N–H and O–H groups in total. The summed E-state index contributed by atoms with van der Waals surface area (Å²) in [6, 6.07) is 7.56. The summed E-state index contributed by atoms with van der Waals surface area (Å²) in [6.07, 6.45) is 1.85. The Morgan fingerprint density at radius 3 is 2.35 bits per heavy atom. The van der Waals surface area contributed by atoms with Crippen molar-refractivity contribution in [1.82, 2.24) is 5.32 Å². The van der Waals surface area contributed by atoms with Crippen molar-refractivity contribution in [1.29, 1.82) is 0 Å². The minimum absolute atomic E-state index is 0.0947. The second-order valence-electron chi connectivity index (χ2n) is 5.86. The smallest absolute Gasteiger partial charge is 0.313 e. The van der Waals surface area contributed by atoms with Gasteiger partial charge in [0.1, 0.15) is 0 Å². The molecule has 0 aliphatic heterocycles. The van der Waals surface area contributed by atoms with Gasteiger partial charge in [0.2, 0.25) is 0 Å². The third kappa shape index (κ3) is 4.68. The first-order valence-electron chi connectivity index (χ1n) is 7.05. The van der Waals surface area contributed by atoms with Crippen LogP contribution in [0.3, 0.4) is 0 Å². The monoisotopic (exact) mass is 276 g/mol. The SMILES string of the molecule is CCCCNC(=O)C(=O)Nc1ccccc1C(C)(C)C. The van der Waals surface area contributed by atoms with Crippen LogP contribution in [-0.2, 0) is 15.0 Å². The second-order valence-corrected chi connectivity index (χ2v) is 5.86. The number of rotatable bonds is 4. The zero-order valence-electron chi connectivity index (χ0n) is 12.7. The molecule has 0 saturated carbocycles. The van der Waals surface area contributed by atoms with E-state index in [4.69, 9.17) is 0 Å². The Kier molecular flexibility index (Phi) is 5.74. The van der Waals surface area contributed by atoms with Crippen LogP contribution < -0.4 is 10.6 Å². The molecule has 4 heteroatoms. The van der Waals surface area contributed by atoms with Gasteiger partial charge in [-0.2, -0.15) is 0 Å². The number of unbranched alkanes of at least 4 members (excludes halogenated alkanes) is 1. The Hall–Kier alpha value is -1.84. The number of benzene rings is 1. The molecule has 1 aromatic rings. The van der Waals surface area contributed by atoms with Gasteiger partial charge in [0.25, 0.3) is 0 Å². The summed E-state index contributed by atoms with van der Waals surface area (Å²) < 4.78 is 0. The van der Waals surface area contributed by atoms with E-state index in [1.54, 1.807) is 0 Å². The Morgan fingerprint density at radius 2 is 1.75 bits per heavy atom. The molecular formula is C16H24N2O2. The van der Waals surface area contributed by atoms with Crippen molar-refractivity contribution in [2.45, 2.75) is 46.0 Å². The first-order valence-corrected chi connectivity index (χ1v) is 7.05. The predicted octanol–water partition coefficient (Wildman–Crippen LogP) is 2.84. The highest BCUT2D eigenvalue weighted by Gasteiger charge is 2.20. The molecule has 4 nitrogen and oxygen atoms in total. The van der Waals surface area contributed by atoms with Crippen LogP contribution in [-0.4, -0.2) is 18.4 Å². The fourth-order valence-corrected chi connectivity index (χ4v) is 1.88. The maximum absolute atomic E-state index is 11.9. The van der Waals surface area contributed by atoms with Crippen LogP contribution in [0.4, 0.5) is 5.69 Å². The van der Waals surface area contributed by atoms with Crippen LogP contribution in [0.2, 0.25) is 0 Å². The quantitative estimate of drug-likeness (QED) is 0.656. The average molecular weight is 276 g/mol. The summed E-state index contributed by atoms with van der Waals surface area (Å²) in [6.45, 7) is 8.77. The summed E-state index contributed by atoms with van der Waals surface area (Å²) in [5.74, 6) is -1.19. The molecule has 0 radical (unpaired) electrons. The lowest BCUT2D eigenvalue weighted by Crippen LogP contribution is -2.36. The Labute approximate surface area is 121 Å². The molecule has 0 aromatic heterocycles. The summed E-state index contributed by atoms with van der Waals surface area (Å²) in [7, 11) is 0. The fraction of sp³-hybridized carbons (Fsp3) is 0.500. The van der Waals surface area contributed by atoms with Gasteiger partial charge in [-0.3, -0.25) is 9.59 Å². The van der Waals surface area contributed by atoms with Gasteiger partial charge in [0.15, 0.2) is 0 Å². The van der Waals surface area contributed by atoms with Crippen molar-refractivity contribution in [2.75, 3.05) is 11.9 Å². The zero-order valence-corrected chi connectivity index (χ0v) is 12.7. The minimum atomic E-state index is -0.613. The Balaban J connectivity index is 2.74. The van der Waals surface area contributed by atoms with E-state index in [9.17, 15) is 9.59 Å². The third-order valence-corrected chi connectivity index (χ3v) is 3.01. The van der Waals surface area contributed by atoms with E-state index in [1.165, 1.54) is 0 Å². The molecule has 1 rings (SSSR count). The van der Waals surface area contributed by atoms with Gasteiger partial charge in [-0.25, -0.2) is 0 Å². The van der Waals surface area contributed by atoms with Crippen molar-refractivity contribution in [3.63, 3.8) is 0 Å². The van der Waals surface area contributed by atoms with Crippen LogP contribution in [0.5, 0.6) is 0 Å². The highest BCUT2D eigenvalue weighted by Crippen LogP contribution is 2.29. The molecule has 1 aromatic carbocycles. The summed E-state index contributed by atoms with van der Waals surface area (Å²) in [4.78, 5) is 23.5. The lowest BCUT2D eigenvalue weighted by atomic mass is 9.86. The summed E-state index contributed by atoms with van der Waals surface area (Å²) >= 11 is 0. The number of amides is 2. The van der Waals surface area contributed by atoms with Crippen molar-refractivity contribution in [2.24, 2.45) is 0 Å². The molecular weight excluding hydrogens is 252 g/mol. The van der Waals surface area contributed by atoms with E-state index in [-0.39, 0.29) is 5.41 Å². The van der Waals surface area contributed by atoms with Crippen LogP contribution in [0.25, 0.3) is 0 Å². The largest absolute Gasteiger partial charge is 0.348 e. The van der Waals surface area contributed by atoms with Crippen molar-refractivity contribution < 1.29 is 9.59 Å². The molecule has 0 aliphatic rings. The van der Waals surface area contributed by atoms with Crippen LogP contribution >= 0.6 is 0 Å². The van der Waals surface area contributed by atoms with Crippen molar-refractivity contribution >= 4 is 17.5 Å². The first kappa shape index (κ1) is 16.2. The molecule has 20 heavy (non-hydrogen) atoms. The van der Waals surface area contributed by atoms with Gasteiger partial charge in [-0.05, 0) is 23.5 Å². The van der Waals surface area contributed by atoms with Crippen LogP contribution in [0, 0.1) is 0 Å². The highest BCUT2D eigenvalue weighted by atomic mass is 16.2. The number of hydrogen-bond acceptors (Lipinski definition) is 2. The number of carbonyl (C=O) groups excluding carboxylic acids is 2. The van der Waals surface area contributed by atoms with Crippen LogP contribution in [0.1, 0.15) is 46.1 Å². The molecule has 0 fully saturated rings. The van der Waals surface area contributed by atoms with Gasteiger partial charge in [-0.1, -0.05) is 52.3 Å². The van der Waals surface area contributed by atoms with Gasteiger partial charge in [0.05, 0.1) is 0 Å². The van der Waals surface area contributed by atoms with E-state index >= 15 is 0 Å². The maximum Gasteiger partial charge on any atom is 0.313 e. The van der Waals surface area contributed by atoms with Gasteiger partial charge in [-0.15, -0.1) is 0 Å². The highest BCUT2D eigenvalue weighted by molar-refractivity contribution is 6.39. The number of hydrogen-bond donors (Lipinski definition) is 2. The van der Waals surface area contributed by atoms with E-state index in [1.807, 2.05) is 31.2 Å². The number of anilines is 1. The van der Waals surface area contributed by atoms with Gasteiger partial charge >= 0.3 is 11.8 Å². The molecule has 0 aliphatic carbocycles. The topological polar surface area (TPSA) is 58.2 Å². The minimum Gasteiger partial charge on any atom is -0.348 e.